The van der Waals surface area contributed by atoms with Gasteiger partial charge in [-0.2, -0.15) is 0 Å². The summed E-state index contributed by atoms with van der Waals surface area (Å²) in [7, 11) is 0. The molecule has 1 atom stereocenters. The van der Waals surface area contributed by atoms with E-state index < -0.39 is 0 Å². The second-order valence-corrected chi connectivity index (χ2v) is 6.38. The Labute approximate surface area is 124 Å². The molecule has 1 aromatic heterocycles. The normalized spacial score (nSPS) is 12.6. The zero-order valence-corrected chi connectivity index (χ0v) is 13.2. The first-order chi connectivity index (χ1) is 9.11. The van der Waals surface area contributed by atoms with Crippen LogP contribution in [-0.2, 0) is 0 Å². The van der Waals surface area contributed by atoms with Gasteiger partial charge in [0.25, 0.3) is 0 Å². The monoisotopic (exact) mass is 293 g/mol. The van der Waals surface area contributed by atoms with Gasteiger partial charge in [0.15, 0.2) is 0 Å². The van der Waals surface area contributed by atoms with E-state index in [4.69, 9.17) is 11.6 Å². The molecule has 2 aromatic rings. The second-order valence-electron chi connectivity index (χ2n) is 4.86. The quantitative estimate of drug-likeness (QED) is 0.774. The molecule has 1 N–H and O–H groups in total. The predicted octanol–water partition coefficient (Wildman–Crippen LogP) is 5.44. The van der Waals surface area contributed by atoms with E-state index in [1.807, 2.05) is 17.4 Å². The highest BCUT2D eigenvalue weighted by molar-refractivity contribution is 7.15. The molecule has 0 amide bonds. The first-order valence-electron chi connectivity index (χ1n) is 6.71. The van der Waals surface area contributed by atoms with Crippen molar-refractivity contribution in [1.29, 1.82) is 0 Å². The van der Waals surface area contributed by atoms with Crippen LogP contribution in [0.25, 0.3) is 10.4 Å². The lowest BCUT2D eigenvalue weighted by Gasteiger charge is -2.10. The van der Waals surface area contributed by atoms with E-state index in [1.165, 1.54) is 15.3 Å². The first-order valence-corrected chi connectivity index (χ1v) is 7.91. The van der Waals surface area contributed by atoms with E-state index in [1.54, 1.807) is 0 Å². The molecule has 0 spiro atoms. The van der Waals surface area contributed by atoms with Crippen LogP contribution in [0.5, 0.6) is 0 Å². The van der Waals surface area contributed by atoms with Crippen molar-refractivity contribution in [3.63, 3.8) is 0 Å². The largest absolute Gasteiger partial charge is 0.309 e. The summed E-state index contributed by atoms with van der Waals surface area (Å²) >= 11 is 8.15. The number of benzene rings is 1. The van der Waals surface area contributed by atoms with E-state index in [2.05, 4.69) is 50.4 Å². The van der Waals surface area contributed by atoms with Crippen LogP contribution < -0.4 is 5.32 Å². The van der Waals surface area contributed by atoms with Crippen LogP contribution in [-0.4, -0.2) is 6.54 Å². The van der Waals surface area contributed by atoms with Gasteiger partial charge in [-0.05, 0) is 50.6 Å². The van der Waals surface area contributed by atoms with Crippen LogP contribution >= 0.6 is 22.9 Å². The molecule has 102 valence electrons. The molecular weight excluding hydrogens is 274 g/mol. The molecule has 1 nitrogen and oxygen atoms in total. The summed E-state index contributed by atoms with van der Waals surface area (Å²) in [4.78, 5) is 2.60. The van der Waals surface area contributed by atoms with Crippen molar-refractivity contribution in [2.75, 3.05) is 6.54 Å². The van der Waals surface area contributed by atoms with E-state index >= 15 is 0 Å². The SMILES string of the molecule is CCCNC(C)c1ccc(-c2ccc(C)cc2Cl)s1. The Kier molecular flexibility index (Phi) is 5.03. The standard InChI is InChI=1S/C16H20ClNS/c1-4-9-18-12(3)15-7-8-16(19-15)13-6-5-11(2)10-14(13)17/h5-8,10,12,18H,4,9H2,1-3H3. The lowest BCUT2D eigenvalue weighted by molar-refractivity contribution is 0.578. The van der Waals surface area contributed by atoms with Crippen molar-refractivity contribution >= 4 is 22.9 Å². The number of nitrogens with one attached hydrogen (secondary N) is 1. The van der Waals surface area contributed by atoms with Gasteiger partial charge in [0.1, 0.15) is 0 Å². The Morgan fingerprint density at radius 1 is 1.26 bits per heavy atom. The Morgan fingerprint density at radius 2 is 2.05 bits per heavy atom. The van der Waals surface area contributed by atoms with Crippen molar-refractivity contribution < 1.29 is 0 Å². The number of aryl methyl sites for hydroxylation is 1. The highest BCUT2D eigenvalue weighted by Gasteiger charge is 2.10. The average molecular weight is 294 g/mol. The predicted molar refractivity (Wildman–Crippen MR) is 86.2 cm³/mol. The van der Waals surface area contributed by atoms with Gasteiger partial charge in [0, 0.05) is 26.4 Å². The molecule has 1 heterocycles. The number of rotatable bonds is 5. The van der Waals surface area contributed by atoms with Crippen molar-refractivity contribution in [1.82, 2.24) is 5.32 Å². The van der Waals surface area contributed by atoms with Crippen LogP contribution in [0.2, 0.25) is 5.02 Å². The summed E-state index contributed by atoms with van der Waals surface area (Å²) in [6, 6.07) is 11.0. The molecule has 1 unspecified atom stereocenters. The highest BCUT2D eigenvalue weighted by Crippen LogP contribution is 2.35. The van der Waals surface area contributed by atoms with Gasteiger partial charge in [0.05, 0.1) is 0 Å². The van der Waals surface area contributed by atoms with E-state index in [0.29, 0.717) is 6.04 Å². The fourth-order valence-electron chi connectivity index (χ4n) is 2.01. The van der Waals surface area contributed by atoms with Gasteiger partial charge < -0.3 is 5.32 Å². The topological polar surface area (TPSA) is 12.0 Å². The van der Waals surface area contributed by atoms with Crippen LogP contribution in [0.1, 0.15) is 36.8 Å². The van der Waals surface area contributed by atoms with E-state index in [0.717, 1.165) is 23.6 Å². The lowest BCUT2D eigenvalue weighted by atomic mass is 10.1. The molecular formula is C16H20ClNS. The minimum absolute atomic E-state index is 0.405. The number of hydrogen-bond acceptors (Lipinski definition) is 2. The first kappa shape index (κ1) is 14.6. The summed E-state index contributed by atoms with van der Waals surface area (Å²) < 4.78 is 0. The van der Waals surface area contributed by atoms with Crippen molar-refractivity contribution in [3.8, 4) is 10.4 Å². The lowest BCUT2D eigenvalue weighted by Crippen LogP contribution is -2.18. The van der Waals surface area contributed by atoms with E-state index in [9.17, 15) is 0 Å². The molecule has 0 bridgehead atoms. The van der Waals surface area contributed by atoms with Crippen LogP contribution in [0.15, 0.2) is 30.3 Å². The maximum atomic E-state index is 6.33. The number of halogens is 1. The average Bonchev–Trinajstić information content (AvgIpc) is 2.85. The molecule has 0 aliphatic rings. The molecule has 0 saturated heterocycles. The van der Waals surface area contributed by atoms with Crippen LogP contribution in [0.3, 0.4) is 0 Å². The highest BCUT2D eigenvalue weighted by atomic mass is 35.5. The van der Waals surface area contributed by atoms with Gasteiger partial charge in [-0.1, -0.05) is 30.7 Å². The summed E-state index contributed by atoms with van der Waals surface area (Å²) in [5.41, 5.74) is 2.33. The zero-order valence-electron chi connectivity index (χ0n) is 11.7. The van der Waals surface area contributed by atoms with Crippen molar-refractivity contribution in [2.24, 2.45) is 0 Å². The van der Waals surface area contributed by atoms with E-state index in [-0.39, 0.29) is 0 Å². The molecule has 1 aromatic carbocycles. The molecule has 0 radical (unpaired) electrons. The third-order valence-corrected chi connectivity index (χ3v) is 4.76. The van der Waals surface area contributed by atoms with Gasteiger partial charge in [-0.15, -0.1) is 11.3 Å². The molecule has 0 aliphatic carbocycles. The molecule has 2 rings (SSSR count). The molecule has 0 aliphatic heterocycles. The third-order valence-electron chi connectivity index (χ3n) is 3.14. The van der Waals surface area contributed by atoms with Gasteiger partial charge in [-0.3, -0.25) is 0 Å². The maximum absolute atomic E-state index is 6.33. The van der Waals surface area contributed by atoms with Gasteiger partial charge >= 0.3 is 0 Å². The molecule has 19 heavy (non-hydrogen) atoms. The van der Waals surface area contributed by atoms with Crippen LogP contribution in [0, 0.1) is 6.92 Å². The Morgan fingerprint density at radius 3 is 2.74 bits per heavy atom. The summed E-state index contributed by atoms with van der Waals surface area (Å²) in [6.45, 7) is 7.51. The smallest absolute Gasteiger partial charge is 0.0495 e. The Bertz CT molecular complexity index is 547. The minimum atomic E-state index is 0.405. The van der Waals surface area contributed by atoms with Crippen LogP contribution in [0.4, 0.5) is 0 Å². The molecule has 0 saturated carbocycles. The molecule has 3 heteroatoms. The summed E-state index contributed by atoms with van der Waals surface area (Å²) in [5.74, 6) is 0. The summed E-state index contributed by atoms with van der Waals surface area (Å²) in [6.07, 6.45) is 1.16. The van der Waals surface area contributed by atoms with Gasteiger partial charge in [0.2, 0.25) is 0 Å². The zero-order chi connectivity index (χ0) is 13.8. The maximum Gasteiger partial charge on any atom is 0.0495 e. The van der Waals surface area contributed by atoms with Crippen molar-refractivity contribution in [3.05, 3.63) is 45.8 Å². The minimum Gasteiger partial charge on any atom is -0.309 e. The fourth-order valence-corrected chi connectivity index (χ4v) is 3.48. The second kappa shape index (κ2) is 6.56. The Hall–Kier alpha value is -0.830. The van der Waals surface area contributed by atoms with Crippen molar-refractivity contribution in [2.45, 2.75) is 33.2 Å². The molecule has 0 fully saturated rings. The number of thiophene rings is 1. The van der Waals surface area contributed by atoms with Gasteiger partial charge in [-0.25, -0.2) is 0 Å². The number of hydrogen-bond donors (Lipinski definition) is 1. The fraction of sp³-hybridized carbons (Fsp3) is 0.375. The Balaban J connectivity index is 2.20. The summed E-state index contributed by atoms with van der Waals surface area (Å²) in [5, 5.41) is 4.35. The third kappa shape index (κ3) is 3.59.